The van der Waals surface area contributed by atoms with Gasteiger partial charge in [0.2, 0.25) is 5.91 Å². The van der Waals surface area contributed by atoms with Crippen LogP contribution in [-0.2, 0) is 51.8 Å². The van der Waals surface area contributed by atoms with Gasteiger partial charge in [-0.3, -0.25) is 14.2 Å². The maximum absolute atomic E-state index is 12.8. The van der Waals surface area contributed by atoms with Crippen LogP contribution >= 0.6 is 31.9 Å². The van der Waals surface area contributed by atoms with E-state index in [2.05, 4.69) is 85.7 Å². The molecule has 5 aromatic rings. The molecule has 56 heavy (non-hydrogen) atoms. The second kappa shape index (κ2) is 23.1. The molecule has 296 valence electrons. The summed E-state index contributed by atoms with van der Waals surface area (Å²) in [6, 6.07) is 31.3. The molecule has 3 heterocycles. The summed E-state index contributed by atoms with van der Waals surface area (Å²) in [4.78, 5) is 38.9. The summed E-state index contributed by atoms with van der Waals surface area (Å²) in [6.45, 7) is 1.61. The number of amides is 1. The predicted molar refractivity (Wildman–Crippen MR) is 216 cm³/mol. The molecule has 0 saturated carbocycles. The number of carbonyl (C=O) groups is 2. The third kappa shape index (κ3) is 16.0. The summed E-state index contributed by atoms with van der Waals surface area (Å²) in [5, 5.41) is 12.2. The number of hydrogen-bond acceptors (Lipinski definition) is 11. The van der Waals surface area contributed by atoms with Gasteiger partial charge in [0, 0.05) is 40.6 Å². The molecule has 2 aliphatic rings. The van der Waals surface area contributed by atoms with E-state index in [1.807, 2.05) is 34.9 Å². The number of nitrogens with two attached hydrogens (primary N) is 1. The molecule has 1 aromatic heterocycles. The molecule has 0 aliphatic carbocycles. The average Bonchev–Trinajstić information content (AvgIpc) is 3.14. The van der Waals surface area contributed by atoms with Crippen molar-refractivity contribution in [3.63, 3.8) is 0 Å². The van der Waals surface area contributed by atoms with Gasteiger partial charge >= 0.3 is 27.2 Å². The fourth-order valence-corrected chi connectivity index (χ4v) is 6.78. The first-order valence-corrected chi connectivity index (χ1v) is 20.6. The molecule has 0 bridgehead atoms. The highest BCUT2D eigenvalue weighted by Crippen LogP contribution is 2.24. The monoisotopic (exact) mass is 932 g/mol. The van der Waals surface area contributed by atoms with E-state index < -0.39 is 27.2 Å². The van der Waals surface area contributed by atoms with Gasteiger partial charge in [-0.1, -0.05) is 92.5 Å². The standard InChI is InChI=1S/C19H17BrN2O.C12H15NO.C7H6BrNO2.2O3S/c20-15-7-8-16-17(11-15)21-18-9-6-14(12-22(18)19(16)23)10-13-4-2-1-3-5-13;14-12-7-6-11(9-13-12)8-10-4-2-1-3-5-10;8-4-1-2-5(7(10)11)6(9)3-4;2*1-4(2)3/h1-5,7-8,11,14H,6,9-10,12H2;1-5,11H,6-9H2,(H,13,14);1-3H,9H2,(H,10,11);;. The number of nitrogens with one attached hydrogen (secondary N) is 1. The van der Waals surface area contributed by atoms with Crippen LogP contribution in [0.3, 0.4) is 0 Å². The van der Waals surface area contributed by atoms with Crippen LogP contribution < -0.4 is 16.6 Å². The molecule has 1 fully saturated rings. The van der Waals surface area contributed by atoms with Gasteiger partial charge in [-0.05, 0) is 85.0 Å². The molecule has 1 amide bonds. The lowest BCUT2D eigenvalue weighted by Crippen LogP contribution is -2.35. The number of benzene rings is 4. The second-order valence-electron chi connectivity index (χ2n) is 12.5. The Morgan fingerprint density at radius 3 is 1.80 bits per heavy atom. The molecule has 2 atom stereocenters. The summed E-state index contributed by atoms with van der Waals surface area (Å²) >= 11 is 6.62. The van der Waals surface area contributed by atoms with Crippen molar-refractivity contribution in [3.8, 4) is 0 Å². The smallest absolute Gasteiger partial charge is 0.425 e. The zero-order valence-corrected chi connectivity index (χ0v) is 34.5. The Balaban J connectivity index is 0.000000218. The van der Waals surface area contributed by atoms with E-state index in [-0.39, 0.29) is 22.7 Å². The lowest BCUT2D eigenvalue weighted by molar-refractivity contribution is -0.122. The number of hydrogen-bond donors (Lipinski definition) is 3. The lowest BCUT2D eigenvalue weighted by Gasteiger charge is -2.26. The van der Waals surface area contributed by atoms with Crippen LogP contribution in [0.15, 0.2) is 111 Å². The maximum Gasteiger partial charge on any atom is 0.425 e. The third-order valence-electron chi connectivity index (χ3n) is 8.56. The highest BCUT2D eigenvalue weighted by Gasteiger charge is 2.22. The van der Waals surface area contributed by atoms with Gasteiger partial charge in [0.25, 0.3) is 5.56 Å². The third-order valence-corrected chi connectivity index (χ3v) is 9.55. The zero-order chi connectivity index (χ0) is 41.2. The number of halogens is 2. The Hall–Kier alpha value is -5.04. The van der Waals surface area contributed by atoms with Crippen LogP contribution in [0, 0.1) is 11.8 Å². The van der Waals surface area contributed by atoms with Gasteiger partial charge in [0.05, 0.1) is 16.5 Å². The number of carboxylic acids is 1. The van der Waals surface area contributed by atoms with Crippen molar-refractivity contribution in [1.82, 2.24) is 14.9 Å². The number of fused-ring (bicyclic) bond motifs is 2. The quantitative estimate of drug-likeness (QED) is 0.187. The Morgan fingerprint density at radius 2 is 1.29 bits per heavy atom. The molecule has 4 aromatic carbocycles. The summed E-state index contributed by atoms with van der Waals surface area (Å²) in [5.41, 5.74) is 9.40. The van der Waals surface area contributed by atoms with Crippen LogP contribution in [0.1, 0.15) is 46.6 Å². The Bertz CT molecular complexity index is 2350. The van der Waals surface area contributed by atoms with E-state index in [9.17, 15) is 14.4 Å². The first-order chi connectivity index (χ1) is 26.6. The number of aryl methyl sites for hydroxylation is 1. The number of aromatic nitrogens is 2. The van der Waals surface area contributed by atoms with Gasteiger partial charge in [-0.15, -0.1) is 25.3 Å². The Kier molecular flexibility index (Phi) is 18.7. The van der Waals surface area contributed by atoms with Crippen molar-refractivity contribution in [2.75, 3.05) is 12.3 Å². The number of nitrogen functional groups attached to an aromatic ring is 1. The van der Waals surface area contributed by atoms with Gasteiger partial charge in [-0.25, -0.2) is 9.78 Å². The maximum atomic E-state index is 12.8. The first kappa shape index (κ1) is 45.4. The van der Waals surface area contributed by atoms with Gasteiger partial charge in [-0.2, -0.15) is 0 Å². The number of aromatic carboxylic acids is 1. The van der Waals surface area contributed by atoms with E-state index in [0.717, 1.165) is 65.5 Å². The van der Waals surface area contributed by atoms with Crippen molar-refractivity contribution in [2.45, 2.75) is 45.1 Å². The highest BCUT2D eigenvalue weighted by atomic mass is 79.9. The molecule has 7 rings (SSSR count). The number of carbonyl (C=O) groups excluding carboxylic acids is 1. The number of rotatable bonds is 5. The summed E-state index contributed by atoms with van der Waals surface area (Å²) in [5.74, 6) is 1.24. The number of anilines is 1. The van der Waals surface area contributed by atoms with Crippen molar-refractivity contribution in [3.05, 3.63) is 139 Å². The molecule has 2 aliphatic heterocycles. The van der Waals surface area contributed by atoms with Crippen LogP contribution in [0.25, 0.3) is 10.9 Å². The van der Waals surface area contributed by atoms with Crippen molar-refractivity contribution >= 4 is 81.5 Å². The largest absolute Gasteiger partial charge is 0.478 e. The number of piperidine rings is 1. The Labute approximate surface area is 342 Å². The van der Waals surface area contributed by atoms with Crippen LogP contribution in [-0.4, -0.2) is 58.3 Å². The topological polar surface area (TPSA) is 230 Å². The highest BCUT2D eigenvalue weighted by molar-refractivity contribution is 9.10. The molecule has 2 unspecified atom stereocenters. The van der Waals surface area contributed by atoms with Gasteiger partial charge in [0.15, 0.2) is 0 Å². The fourth-order valence-electron chi connectivity index (χ4n) is 6.05. The van der Waals surface area contributed by atoms with E-state index in [0.29, 0.717) is 23.6 Å². The molecule has 0 radical (unpaired) electrons. The Morgan fingerprint density at radius 1 is 0.768 bits per heavy atom. The van der Waals surface area contributed by atoms with E-state index in [4.69, 9.17) is 41.1 Å². The van der Waals surface area contributed by atoms with E-state index >= 15 is 0 Å². The minimum atomic E-state index is -3.11. The van der Waals surface area contributed by atoms with E-state index in [1.165, 1.54) is 17.2 Å². The van der Waals surface area contributed by atoms with Gasteiger partial charge < -0.3 is 16.2 Å². The molecule has 1 saturated heterocycles. The zero-order valence-electron chi connectivity index (χ0n) is 29.7. The fraction of sp³-hybridized carbons (Fsp3) is 0.263. The van der Waals surface area contributed by atoms with Crippen LogP contribution in [0.5, 0.6) is 0 Å². The van der Waals surface area contributed by atoms with E-state index in [1.54, 1.807) is 12.1 Å². The van der Waals surface area contributed by atoms with Crippen LogP contribution in [0.2, 0.25) is 0 Å². The molecular formula is C38H38Br2N4O10S2. The molecular weight excluding hydrogens is 896 g/mol. The van der Waals surface area contributed by atoms with Crippen molar-refractivity contribution in [1.29, 1.82) is 0 Å². The van der Waals surface area contributed by atoms with Crippen molar-refractivity contribution < 1.29 is 39.9 Å². The molecule has 18 heteroatoms. The minimum absolute atomic E-state index is 0.0928. The van der Waals surface area contributed by atoms with Crippen molar-refractivity contribution in [2.24, 2.45) is 11.8 Å². The summed E-state index contributed by atoms with van der Waals surface area (Å²) in [7, 11) is -6.22. The molecule has 4 N–H and O–H groups in total. The molecule has 0 spiro atoms. The number of carboxylic acid groups (broad SMARTS) is 1. The SMILES string of the molecule is Nc1cc(Br)ccc1C(=O)O.O=C1CCC(Cc2ccccc2)CN1.O=S(=O)=O.O=S(=O)=O.O=c1c2ccc(Br)cc2nc2n1CC(Cc1ccccc1)CC2. The van der Waals surface area contributed by atoms with Gasteiger partial charge in [0.1, 0.15) is 5.82 Å². The molecule has 14 nitrogen and oxygen atoms in total. The second-order valence-corrected chi connectivity index (χ2v) is 15.2. The first-order valence-electron chi connectivity index (χ1n) is 17.0. The average molecular weight is 935 g/mol. The lowest BCUT2D eigenvalue weighted by atomic mass is 9.92. The summed E-state index contributed by atoms with van der Waals surface area (Å²) in [6.07, 6.45) is 5.78. The predicted octanol–water partition coefficient (Wildman–Crippen LogP) is 5.44. The summed E-state index contributed by atoms with van der Waals surface area (Å²) < 4.78 is 54.3. The van der Waals surface area contributed by atoms with Crippen LogP contribution in [0.4, 0.5) is 5.69 Å². The minimum Gasteiger partial charge on any atom is -0.478 e. The number of nitrogens with zero attached hydrogens (tertiary/aromatic N) is 2. The normalized spacial score (nSPS) is 15.2.